The van der Waals surface area contributed by atoms with Gasteiger partial charge in [-0.3, -0.25) is 9.59 Å². The highest BCUT2D eigenvalue weighted by atomic mass is 16.5. The van der Waals surface area contributed by atoms with Crippen molar-refractivity contribution in [1.82, 2.24) is 9.99 Å². The van der Waals surface area contributed by atoms with Gasteiger partial charge in [0.1, 0.15) is 5.75 Å². The van der Waals surface area contributed by atoms with Crippen LogP contribution in [0.4, 0.5) is 5.69 Å². The minimum absolute atomic E-state index is 0.408. The first-order valence-corrected chi connectivity index (χ1v) is 9.85. The topological polar surface area (TPSA) is 84.7 Å². The maximum atomic E-state index is 12.1. The quantitative estimate of drug-likeness (QED) is 0.375. The molecule has 0 unspecified atom stereocenters. The van der Waals surface area contributed by atoms with Gasteiger partial charge in [-0.05, 0) is 69.2 Å². The van der Waals surface area contributed by atoms with Gasteiger partial charge in [-0.15, -0.1) is 0 Å². The van der Waals surface area contributed by atoms with E-state index in [1.54, 1.807) is 24.3 Å². The molecule has 3 rings (SSSR count). The third-order valence-electron chi connectivity index (χ3n) is 4.87. The Morgan fingerprint density at radius 3 is 2.32 bits per heavy atom. The minimum Gasteiger partial charge on any atom is -0.495 e. The van der Waals surface area contributed by atoms with Crippen LogP contribution in [0.2, 0.25) is 0 Å². The second-order valence-electron chi connectivity index (χ2n) is 7.36. The standard InChI is InChI=1S/C24H26N4O3/c1-15-10-16(2)12-20(11-15)28-17(3)13-19(18(28)4)14-25-27-24(30)23(29)26-21-8-6-7-9-22(21)31-5/h6-14H,1-5H3,(H,26,29)(H,27,30)/b25-14-. The maximum absolute atomic E-state index is 12.1. The summed E-state index contributed by atoms with van der Waals surface area (Å²) in [5, 5.41) is 6.47. The lowest BCUT2D eigenvalue weighted by Crippen LogP contribution is -2.32. The average Bonchev–Trinajstić information content (AvgIpc) is 3.00. The predicted octanol–water partition coefficient (Wildman–Crippen LogP) is 3.81. The molecule has 0 saturated carbocycles. The summed E-state index contributed by atoms with van der Waals surface area (Å²) in [7, 11) is 1.49. The molecule has 0 bridgehead atoms. The van der Waals surface area contributed by atoms with Gasteiger partial charge in [0.2, 0.25) is 0 Å². The third-order valence-corrected chi connectivity index (χ3v) is 4.87. The number of aromatic nitrogens is 1. The first-order valence-electron chi connectivity index (χ1n) is 9.85. The van der Waals surface area contributed by atoms with Gasteiger partial charge in [-0.1, -0.05) is 18.2 Å². The zero-order chi connectivity index (χ0) is 22.5. The van der Waals surface area contributed by atoms with Crippen molar-refractivity contribution in [3.05, 3.63) is 76.6 Å². The van der Waals surface area contributed by atoms with Gasteiger partial charge in [0.15, 0.2) is 0 Å². The molecule has 1 heterocycles. The highest BCUT2D eigenvalue weighted by molar-refractivity contribution is 6.39. The molecule has 160 valence electrons. The summed E-state index contributed by atoms with van der Waals surface area (Å²) in [5.41, 5.74) is 9.01. The Balaban J connectivity index is 1.71. The van der Waals surface area contributed by atoms with Gasteiger partial charge >= 0.3 is 11.8 Å². The third kappa shape index (κ3) is 5.01. The largest absolute Gasteiger partial charge is 0.495 e. The van der Waals surface area contributed by atoms with Crippen LogP contribution in [0, 0.1) is 27.7 Å². The van der Waals surface area contributed by atoms with Gasteiger partial charge in [0.05, 0.1) is 19.0 Å². The van der Waals surface area contributed by atoms with Crippen molar-refractivity contribution >= 4 is 23.7 Å². The minimum atomic E-state index is -0.870. The lowest BCUT2D eigenvalue weighted by Gasteiger charge is -2.11. The molecule has 2 aromatic carbocycles. The van der Waals surface area contributed by atoms with Gasteiger partial charge in [0.25, 0.3) is 0 Å². The van der Waals surface area contributed by atoms with E-state index >= 15 is 0 Å². The van der Waals surface area contributed by atoms with Crippen molar-refractivity contribution in [2.75, 3.05) is 12.4 Å². The fraction of sp³-hybridized carbons (Fsp3) is 0.208. The van der Waals surface area contributed by atoms with E-state index in [4.69, 9.17) is 4.74 Å². The van der Waals surface area contributed by atoms with E-state index in [-0.39, 0.29) is 0 Å². The number of hydrogen-bond acceptors (Lipinski definition) is 4. The molecule has 2 N–H and O–H groups in total. The van der Waals surface area contributed by atoms with Crippen molar-refractivity contribution in [2.45, 2.75) is 27.7 Å². The summed E-state index contributed by atoms with van der Waals surface area (Å²) in [6.45, 7) is 8.14. The predicted molar refractivity (Wildman–Crippen MR) is 122 cm³/mol. The summed E-state index contributed by atoms with van der Waals surface area (Å²) >= 11 is 0. The smallest absolute Gasteiger partial charge is 0.329 e. The molecule has 1 aromatic heterocycles. The Bertz CT molecular complexity index is 1140. The monoisotopic (exact) mass is 418 g/mol. The number of carbonyl (C=O) groups is 2. The fourth-order valence-electron chi connectivity index (χ4n) is 3.53. The first-order chi connectivity index (χ1) is 14.8. The van der Waals surface area contributed by atoms with Crippen LogP contribution in [0.3, 0.4) is 0 Å². The molecule has 0 radical (unpaired) electrons. The Morgan fingerprint density at radius 2 is 1.65 bits per heavy atom. The van der Waals surface area contributed by atoms with Crippen LogP contribution in [-0.2, 0) is 9.59 Å². The van der Waals surface area contributed by atoms with Crippen molar-refractivity contribution in [3.63, 3.8) is 0 Å². The number of nitrogens with zero attached hydrogens (tertiary/aromatic N) is 2. The number of para-hydroxylation sites is 2. The molecular weight excluding hydrogens is 392 g/mol. The number of amides is 2. The Morgan fingerprint density at radius 1 is 0.968 bits per heavy atom. The van der Waals surface area contributed by atoms with Crippen molar-refractivity contribution < 1.29 is 14.3 Å². The number of ether oxygens (including phenoxy) is 1. The van der Waals surface area contributed by atoms with E-state index in [2.05, 4.69) is 52.5 Å². The van der Waals surface area contributed by atoms with E-state index in [0.29, 0.717) is 11.4 Å². The summed E-state index contributed by atoms with van der Waals surface area (Å²) in [6, 6.07) is 15.2. The van der Waals surface area contributed by atoms with Gasteiger partial charge in [-0.2, -0.15) is 5.10 Å². The number of hydrazone groups is 1. The van der Waals surface area contributed by atoms with E-state index in [0.717, 1.165) is 22.6 Å². The zero-order valence-electron chi connectivity index (χ0n) is 18.3. The number of methoxy groups -OCH3 is 1. The number of carbonyl (C=O) groups excluding carboxylic acids is 2. The Labute approximate surface area is 181 Å². The van der Waals surface area contributed by atoms with Crippen LogP contribution >= 0.6 is 0 Å². The number of aryl methyl sites for hydroxylation is 3. The molecule has 0 atom stereocenters. The number of anilines is 1. The van der Waals surface area contributed by atoms with Crippen LogP contribution in [0.5, 0.6) is 5.75 Å². The highest BCUT2D eigenvalue weighted by Crippen LogP contribution is 2.23. The van der Waals surface area contributed by atoms with Gasteiger partial charge in [0, 0.05) is 22.6 Å². The number of nitrogens with one attached hydrogen (secondary N) is 2. The molecule has 0 saturated heterocycles. The Kier molecular flexibility index (Phi) is 6.55. The van der Waals surface area contributed by atoms with Crippen LogP contribution in [0.25, 0.3) is 5.69 Å². The summed E-state index contributed by atoms with van der Waals surface area (Å²) < 4.78 is 7.30. The van der Waals surface area contributed by atoms with E-state index in [1.165, 1.54) is 24.5 Å². The van der Waals surface area contributed by atoms with Crippen molar-refractivity contribution in [2.24, 2.45) is 5.10 Å². The molecular formula is C24H26N4O3. The number of rotatable bonds is 5. The summed E-state index contributed by atoms with van der Waals surface area (Å²) in [5.74, 6) is -1.24. The lowest BCUT2D eigenvalue weighted by atomic mass is 10.1. The number of benzene rings is 2. The highest BCUT2D eigenvalue weighted by Gasteiger charge is 2.15. The lowest BCUT2D eigenvalue weighted by molar-refractivity contribution is -0.136. The van der Waals surface area contributed by atoms with Crippen molar-refractivity contribution in [1.29, 1.82) is 0 Å². The van der Waals surface area contributed by atoms with Crippen LogP contribution in [0.1, 0.15) is 28.1 Å². The second-order valence-corrected chi connectivity index (χ2v) is 7.36. The summed E-state index contributed by atoms with van der Waals surface area (Å²) in [4.78, 5) is 24.2. The molecule has 0 aliphatic rings. The molecule has 7 heteroatoms. The number of hydrogen-bond donors (Lipinski definition) is 2. The molecule has 0 spiro atoms. The van der Waals surface area contributed by atoms with Crippen molar-refractivity contribution in [3.8, 4) is 11.4 Å². The van der Waals surface area contributed by atoms with E-state index < -0.39 is 11.8 Å². The van der Waals surface area contributed by atoms with Crippen LogP contribution < -0.4 is 15.5 Å². The van der Waals surface area contributed by atoms with Gasteiger partial charge in [-0.25, -0.2) is 5.43 Å². The maximum Gasteiger partial charge on any atom is 0.329 e. The molecule has 0 aliphatic heterocycles. The molecule has 3 aromatic rings. The van der Waals surface area contributed by atoms with E-state index in [9.17, 15) is 9.59 Å². The van der Waals surface area contributed by atoms with Crippen LogP contribution in [0.15, 0.2) is 53.6 Å². The summed E-state index contributed by atoms with van der Waals surface area (Å²) in [6.07, 6.45) is 1.54. The second kappa shape index (κ2) is 9.30. The van der Waals surface area contributed by atoms with E-state index in [1.807, 2.05) is 19.9 Å². The Hall–Kier alpha value is -3.87. The molecule has 7 nitrogen and oxygen atoms in total. The average molecular weight is 418 g/mol. The normalized spacial score (nSPS) is 10.9. The van der Waals surface area contributed by atoms with Gasteiger partial charge < -0.3 is 14.6 Å². The molecule has 2 amide bonds. The zero-order valence-corrected chi connectivity index (χ0v) is 18.3. The fourth-order valence-corrected chi connectivity index (χ4v) is 3.53. The van der Waals surface area contributed by atoms with Crippen LogP contribution in [-0.4, -0.2) is 29.7 Å². The first kappa shape index (κ1) is 21.8. The molecule has 31 heavy (non-hydrogen) atoms. The molecule has 0 aliphatic carbocycles. The SMILES string of the molecule is COc1ccccc1NC(=O)C(=O)N/N=C\c1cc(C)n(-c2cc(C)cc(C)c2)c1C. The molecule has 0 fully saturated rings.